The van der Waals surface area contributed by atoms with Crippen LogP contribution in [0.25, 0.3) is 23.3 Å². The highest BCUT2D eigenvalue weighted by atomic mass is 19.4. The zero-order valence-corrected chi connectivity index (χ0v) is 21.1. The molecule has 0 radical (unpaired) electrons. The van der Waals surface area contributed by atoms with Crippen molar-refractivity contribution >= 4 is 24.0 Å². The van der Waals surface area contributed by atoms with Crippen LogP contribution in [0.2, 0.25) is 0 Å². The Kier molecular flexibility index (Phi) is 9.41. The van der Waals surface area contributed by atoms with Crippen LogP contribution in [0.1, 0.15) is 28.0 Å². The summed E-state index contributed by atoms with van der Waals surface area (Å²) in [6.45, 7) is 7.09. The largest absolute Gasteiger partial charge is 0.490 e. The Labute approximate surface area is 227 Å². The summed E-state index contributed by atoms with van der Waals surface area (Å²) in [5, 5.41) is 7.12. The van der Waals surface area contributed by atoms with Crippen molar-refractivity contribution in [1.82, 2.24) is 9.88 Å². The van der Waals surface area contributed by atoms with E-state index in [2.05, 4.69) is 18.1 Å². The van der Waals surface area contributed by atoms with Crippen LogP contribution in [0.5, 0.6) is 5.88 Å². The number of piperidine rings is 1. The zero-order valence-electron chi connectivity index (χ0n) is 21.1. The number of carboxylic acids is 1. The Morgan fingerprint density at radius 2 is 1.62 bits per heavy atom. The van der Waals surface area contributed by atoms with Crippen LogP contribution in [0.3, 0.4) is 0 Å². The van der Waals surface area contributed by atoms with Gasteiger partial charge in [-0.25, -0.2) is 18.6 Å². The van der Waals surface area contributed by atoms with E-state index in [-0.39, 0.29) is 24.9 Å². The molecule has 1 saturated heterocycles. The number of aromatic nitrogens is 1. The summed E-state index contributed by atoms with van der Waals surface area (Å²) in [7, 11) is 0. The van der Waals surface area contributed by atoms with Crippen molar-refractivity contribution in [1.29, 1.82) is 0 Å². The van der Waals surface area contributed by atoms with Gasteiger partial charge in [-0.2, -0.15) is 13.2 Å². The van der Waals surface area contributed by atoms with Gasteiger partial charge in [0.05, 0.1) is 12.2 Å². The van der Waals surface area contributed by atoms with Crippen molar-refractivity contribution in [2.24, 2.45) is 0 Å². The third-order valence-electron chi connectivity index (χ3n) is 5.95. The van der Waals surface area contributed by atoms with Crippen molar-refractivity contribution in [3.63, 3.8) is 0 Å². The van der Waals surface area contributed by atoms with Crippen LogP contribution in [-0.4, -0.2) is 58.2 Å². The number of hydrogen-bond donors (Lipinski definition) is 1. The van der Waals surface area contributed by atoms with Crippen LogP contribution >= 0.6 is 0 Å². The topological polar surface area (TPSA) is 79.7 Å². The molecule has 210 valence electrons. The lowest BCUT2D eigenvalue weighted by molar-refractivity contribution is -0.192. The van der Waals surface area contributed by atoms with Gasteiger partial charge in [0.1, 0.15) is 0 Å². The average molecular weight is 561 g/mol. The molecule has 1 unspecified atom stereocenters. The van der Waals surface area contributed by atoms with Gasteiger partial charge in [0.25, 0.3) is 11.8 Å². The molecule has 1 fully saturated rings. The predicted molar refractivity (Wildman–Crippen MR) is 140 cm³/mol. The number of likely N-dealkylation sites (tertiary alicyclic amines) is 1. The molecule has 1 aromatic heterocycles. The van der Waals surface area contributed by atoms with Gasteiger partial charge < -0.3 is 14.7 Å². The van der Waals surface area contributed by atoms with Crippen LogP contribution < -0.4 is 4.74 Å². The van der Waals surface area contributed by atoms with Gasteiger partial charge >= 0.3 is 12.1 Å². The number of hydrogen-bond acceptors (Lipinski definition) is 4. The molecule has 1 aliphatic rings. The van der Waals surface area contributed by atoms with Crippen LogP contribution in [0.4, 0.5) is 22.0 Å². The van der Waals surface area contributed by atoms with Crippen molar-refractivity contribution in [2.45, 2.75) is 24.6 Å². The molecule has 0 aliphatic carbocycles. The van der Waals surface area contributed by atoms with Crippen molar-refractivity contribution < 1.29 is 41.4 Å². The molecule has 4 rings (SSSR count). The van der Waals surface area contributed by atoms with Gasteiger partial charge in [-0.15, -0.1) is 0 Å². The lowest BCUT2D eigenvalue weighted by Crippen LogP contribution is -2.55. The average Bonchev–Trinajstić information content (AvgIpc) is 2.94. The first-order valence-electron chi connectivity index (χ1n) is 11.9. The Bertz CT molecular complexity index is 1380. The molecule has 1 N–H and O–H groups in total. The third kappa shape index (κ3) is 7.31. The maximum atomic E-state index is 14.7. The number of halogens is 5. The normalized spacial score (nSPS) is 16.2. The van der Waals surface area contributed by atoms with E-state index in [0.717, 1.165) is 16.7 Å². The number of benzene rings is 2. The summed E-state index contributed by atoms with van der Waals surface area (Å²) in [6.07, 6.45) is -3.97. The number of carboxylic acid groups (broad SMARTS) is 1. The van der Waals surface area contributed by atoms with Crippen molar-refractivity contribution in [3.8, 4) is 17.0 Å². The van der Waals surface area contributed by atoms with E-state index in [1.165, 1.54) is 17.0 Å². The van der Waals surface area contributed by atoms with Gasteiger partial charge in [-0.05, 0) is 34.9 Å². The fourth-order valence-electron chi connectivity index (χ4n) is 3.90. The number of carbonyl (C=O) groups is 2. The molecule has 0 spiro atoms. The standard InChI is InChI=1S/C27H24F2N2O2.C2HF3O2/c1-3-19-14-15-25(30-23(19)4-2)33-24-18-31(17-16-27(24,28)29)26(32)22-13-9-8-12-21(22)20-10-6-5-7-11-20;3-2(4,5)1(6)7/h3-15,24H,1-2,16-18H2;(H,6,7). The van der Waals surface area contributed by atoms with Crippen LogP contribution in [-0.2, 0) is 4.79 Å². The Morgan fingerprint density at radius 1 is 1.00 bits per heavy atom. The second kappa shape index (κ2) is 12.5. The maximum absolute atomic E-state index is 14.7. The lowest BCUT2D eigenvalue weighted by atomic mass is 9.97. The van der Waals surface area contributed by atoms with Gasteiger partial charge in [0.15, 0.2) is 6.10 Å². The number of pyridine rings is 1. The quantitative estimate of drug-likeness (QED) is 0.344. The summed E-state index contributed by atoms with van der Waals surface area (Å²) < 4.78 is 66.8. The van der Waals surface area contributed by atoms with E-state index in [1.807, 2.05) is 42.5 Å². The molecular weight excluding hydrogens is 535 g/mol. The molecule has 1 aliphatic heterocycles. The number of carbonyl (C=O) groups excluding carboxylic acids is 1. The minimum absolute atomic E-state index is 0.0548. The van der Waals surface area contributed by atoms with E-state index in [0.29, 0.717) is 11.3 Å². The second-order valence-corrected chi connectivity index (χ2v) is 8.62. The number of ether oxygens (including phenoxy) is 1. The monoisotopic (exact) mass is 560 g/mol. The lowest BCUT2D eigenvalue weighted by Gasteiger charge is -2.38. The number of amides is 1. The molecule has 3 aromatic rings. The minimum atomic E-state index is -5.08. The molecule has 0 saturated carbocycles. The van der Waals surface area contributed by atoms with Gasteiger partial charge in [-0.1, -0.05) is 67.8 Å². The second-order valence-electron chi connectivity index (χ2n) is 8.62. The first kappa shape index (κ1) is 30.0. The fraction of sp³-hybridized carbons (Fsp3) is 0.207. The summed E-state index contributed by atoms with van der Waals surface area (Å²) in [4.78, 5) is 28.0. The zero-order chi connectivity index (χ0) is 29.5. The highest BCUT2D eigenvalue weighted by molar-refractivity contribution is 6.01. The van der Waals surface area contributed by atoms with E-state index in [9.17, 15) is 26.7 Å². The molecule has 1 atom stereocenters. The first-order chi connectivity index (χ1) is 18.9. The third-order valence-corrected chi connectivity index (χ3v) is 5.95. The van der Waals surface area contributed by atoms with E-state index in [1.54, 1.807) is 24.3 Å². The molecular formula is C29H25F5N2O4. The van der Waals surface area contributed by atoms with Crippen LogP contribution in [0, 0.1) is 0 Å². The highest BCUT2D eigenvalue weighted by Crippen LogP contribution is 2.33. The van der Waals surface area contributed by atoms with Crippen molar-refractivity contribution in [2.75, 3.05) is 13.1 Å². The van der Waals surface area contributed by atoms with E-state index >= 15 is 0 Å². The molecule has 1 amide bonds. The minimum Gasteiger partial charge on any atom is -0.475 e. The summed E-state index contributed by atoms with van der Waals surface area (Å²) in [6, 6.07) is 19.9. The molecule has 0 bridgehead atoms. The number of rotatable bonds is 6. The van der Waals surface area contributed by atoms with Gasteiger partial charge in [0.2, 0.25) is 5.88 Å². The van der Waals surface area contributed by atoms with Gasteiger partial charge in [-0.3, -0.25) is 4.79 Å². The van der Waals surface area contributed by atoms with E-state index in [4.69, 9.17) is 14.6 Å². The highest BCUT2D eigenvalue weighted by Gasteiger charge is 2.47. The van der Waals surface area contributed by atoms with Crippen molar-refractivity contribution in [3.05, 3.63) is 96.7 Å². The molecule has 6 nitrogen and oxygen atoms in total. The van der Waals surface area contributed by atoms with Crippen LogP contribution in [0.15, 0.2) is 79.9 Å². The summed E-state index contributed by atoms with van der Waals surface area (Å²) in [5.74, 6) is -6.10. The molecule has 40 heavy (non-hydrogen) atoms. The van der Waals surface area contributed by atoms with E-state index < -0.39 is 30.6 Å². The molecule has 2 heterocycles. The molecule has 11 heteroatoms. The Hall–Kier alpha value is -4.54. The maximum Gasteiger partial charge on any atom is 0.490 e. The molecule has 2 aromatic carbocycles. The fourth-order valence-corrected chi connectivity index (χ4v) is 3.90. The number of alkyl halides is 5. The summed E-state index contributed by atoms with van der Waals surface area (Å²) >= 11 is 0. The Morgan fingerprint density at radius 3 is 2.23 bits per heavy atom. The van der Waals surface area contributed by atoms with Gasteiger partial charge in [0, 0.05) is 24.6 Å². The number of nitrogens with zero attached hydrogens (tertiary/aromatic N) is 2. The Balaban J connectivity index is 0.000000559. The smallest absolute Gasteiger partial charge is 0.475 e. The summed E-state index contributed by atoms with van der Waals surface area (Å²) in [5.41, 5.74) is 3.33. The first-order valence-corrected chi connectivity index (χ1v) is 11.9. The number of aliphatic carboxylic acids is 1. The SMILES string of the molecule is C=Cc1ccc(OC2CN(C(=O)c3ccccc3-c3ccccc3)CCC2(F)F)nc1C=C.O=C(O)C(F)(F)F. The predicted octanol–water partition coefficient (Wildman–Crippen LogP) is 6.60.